The number of carboxylic acid groups (broad SMARTS) is 4. The number of hydrogen-bond donors (Lipinski definition) is 4. The van der Waals surface area contributed by atoms with Crippen LogP contribution in [-0.4, -0.2) is 44.3 Å². The molecule has 0 aliphatic heterocycles. The Hall–Kier alpha value is -2.12. The lowest BCUT2D eigenvalue weighted by Gasteiger charge is -2.05. The van der Waals surface area contributed by atoms with Crippen molar-refractivity contribution in [2.45, 2.75) is 105 Å². The molecule has 1 saturated carbocycles. The first-order valence-corrected chi connectivity index (χ1v) is 9.71. The van der Waals surface area contributed by atoms with Gasteiger partial charge in [0.25, 0.3) is 23.9 Å². The molecule has 0 saturated heterocycles. The molecular formula is C20H40O8. The van der Waals surface area contributed by atoms with Gasteiger partial charge in [0, 0.05) is 27.7 Å². The normalized spacial score (nSPS) is 13.9. The van der Waals surface area contributed by atoms with E-state index < -0.39 is 23.9 Å². The van der Waals surface area contributed by atoms with E-state index >= 15 is 0 Å². The van der Waals surface area contributed by atoms with Crippen molar-refractivity contribution >= 4 is 23.9 Å². The summed E-state index contributed by atoms with van der Waals surface area (Å²) in [6.07, 6.45) is 18.0. The summed E-state index contributed by atoms with van der Waals surface area (Å²) in [4.78, 5) is 36.0. The van der Waals surface area contributed by atoms with E-state index in [4.69, 9.17) is 39.6 Å². The van der Waals surface area contributed by atoms with Crippen LogP contribution in [0.3, 0.4) is 0 Å². The Bertz CT molecular complexity index is 273. The molecule has 0 atom stereocenters. The quantitative estimate of drug-likeness (QED) is 0.435. The van der Waals surface area contributed by atoms with E-state index in [1.807, 2.05) is 0 Å². The average Bonchev–Trinajstić information content (AvgIpc) is 2.45. The third-order valence-corrected chi connectivity index (χ3v) is 3.00. The Morgan fingerprint density at radius 3 is 0.429 bits per heavy atom. The molecule has 1 rings (SSSR count). The number of carboxylic acids is 4. The monoisotopic (exact) mass is 408 g/mol. The molecule has 0 bridgehead atoms. The Labute approximate surface area is 169 Å². The Morgan fingerprint density at radius 2 is 0.393 bits per heavy atom. The van der Waals surface area contributed by atoms with Gasteiger partial charge < -0.3 is 20.4 Å². The van der Waals surface area contributed by atoms with Crippen LogP contribution in [0, 0.1) is 0 Å². The first-order valence-electron chi connectivity index (χ1n) is 9.71. The Morgan fingerprint density at radius 1 is 0.357 bits per heavy atom. The molecule has 0 aromatic heterocycles. The van der Waals surface area contributed by atoms with Crippen molar-refractivity contribution in [1.29, 1.82) is 0 Å². The van der Waals surface area contributed by atoms with Crippen LogP contribution in [-0.2, 0) is 19.2 Å². The fraction of sp³-hybridized carbons (Fsp3) is 0.800. The Balaban J connectivity index is -0.000000150. The summed E-state index contributed by atoms with van der Waals surface area (Å²) in [7, 11) is 0. The van der Waals surface area contributed by atoms with Gasteiger partial charge in [-0.25, -0.2) is 0 Å². The summed E-state index contributed by atoms with van der Waals surface area (Å²) < 4.78 is 0. The van der Waals surface area contributed by atoms with Gasteiger partial charge in [-0.15, -0.1) is 0 Å². The fourth-order valence-electron chi connectivity index (χ4n) is 2.12. The molecule has 8 nitrogen and oxygen atoms in total. The van der Waals surface area contributed by atoms with E-state index in [0.29, 0.717) is 0 Å². The molecule has 1 aliphatic carbocycles. The second-order valence-corrected chi connectivity index (χ2v) is 6.32. The van der Waals surface area contributed by atoms with Gasteiger partial charge >= 0.3 is 0 Å². The second-order valence-electron chi connectivity index (χ2n) is 6.32. The predicted molar refractivity (Wildman–Crippen MR) is 109 cm³/mol. The molecule has 4 N–H and O–H groups in total. The molecule has 0 spiro atoms. The summed E-state index contributed by atoms with van der Waals surface area (Å²) in [5, 5.41) is 29.7. The number of aliphatic carboxylic acids is 4. The van der Waals surface area contributed by atoms with Gasteiger partial charge in [0.15, 0.2) is 0 Å². The highest BCUT2D eigenvalue weighted by Gasteiger charge is 1.96. The van der Waals surface area contributed by atoms with Crippen LogP contribution >= 0.6 is 0 Å². The van der Waals surface area contributed by atoms with Crippen molar-refractivity contribution in [3.05, 3.63) is 0 Å². The van der Waals surface area contributed by atoms with E-state index in [1.54, 1.807) is 0 Å². The van der Waals surface area contributed by atoms with E-state index in [9.17, 15) is 0 Å². The maximum atomic E-state index is 9.00. The summed E-state index contributed by atoms with van der Waals surface area (Å²) >= 11 is 0. The van der Waals surface area contributed by atoms with Crippen LogP contribution in [0.5, 0.6) is 0 Å². The predicted octanol–water partition coefficient (Wildman–Crippen LogP) is 5.04. The first-order chi connectivity index (χ1) is 12.9. The number of hydrogen-bond acceptors (Lipinski definition) is 4. The van der Waals surface area contributed by atoms with E-state index in [0.717, 1.165) is 27.7 Å². The van der Waals surface area contributed by atoms with Crippen molar-refractivity contribution in [1.82, 2.24) is 0 Å². The SMILES string of the molecule is C1CCCCCCCCCCC1.CC(=O)O.CC(=O)O.CC(=O)O.CC(=O)O. The van der Waals surface area contributed by atoms with Gasteiger partial charge in [-0.3, -0.25) is 19.2 Å². The van der Waals surface area contributed by atoms with E-state index in [2.05, 4.69) is 0 Å². The molecule has 1 fully saturated rings. The molecule has 0 radical (unpaired) electrons. The minimum Gasteiger partial charge on any atom is -0.481 e. The van der Waals surface area contributed by atoms with Crippen molar-refractivity contribution in [3.8, 4) is 0 Å². The zero-order chi connectivity index (χ0) is 22.8. The average molecular weight is 409 g/mol. The molecule has 0 amide bonds. The highest BCUT2D eigenvalue weighted by Crippen LogP contribution is 2.15. The lowest BCUT2D eigenvalue weighted by atomic mass is 10.0. The second kappa shape index (κ2) is 29.6. The fourth-order valence-corrected chi connectivity index (χ4v) is 2.12. The molecular weight excluding hydrogens is 368 g/mol. The standard InChI is InChI=1S/C12H24.4C2H4O2/c1-2-4-6-8-10-12-11-9-7-5-3-1;4*1-2(3)4/h1-12H2;4*1H3,(H,3,4). The van der Waals surface area contributed by atoms with Crippen molar-refractivity contribution < 1.29 is 39.6 Å². The molecule has 168 valence electrons. The third kappa shape index (κ3) is 128. The highest BCUT2D eigenvalue weighted by atomic mass is 16.4. The lowest BCUT2D eigenvalue weighted by molar-refractivity contribution is -0.135. The third-order valence-electron chi connectivity index (χ3n) is 3.00. The van der Waals surface area contributed by atoms with Gasteiger partial charge in [0.1, 0.15) is 0 Å². The molecule has 8 heteroatoms. The van der Waals surface area contributed by atoms with Crippen molar-refractivity contribution in [3.63, 3.8) is 0 Å². The Kier molecular flexibility index (Phi) is 35.4. The van der Waals surface area contributed by atoms with Gasteiger partial charge in [-0.1, -0.05) is 77.0 Å². The van der Waals surface area contributed by atoms with Crippen LogP contribution in [0.4, 0.5) is 0 Å². The van der Waals surface area contributed by atoms with Crippen LogP contribution in [0.2, 0.25) is 0 Å². The largest absolute Gasteiger partial charge is 0.481 e. The van der Waals surface area contributed by atoms with Gasteiger partial charge in [-0.05, 0) is 0 Å². The topological polar surface area (TPSA) is 149 Å². The summed E-state index contributed by atoms with van der Waals surface area (Å²) in [6.45, 7) is 4.33. The first kappa shape index (κ1) is 33.5. The van der Waals surface area contributed by atoms with Crippen LogP contribution < -0.4 is 0 Å². The zero-order valence-electron chi connectivity index (χ0n) is 17.9. The van der Waals surface area contributed by atoms with Crippen LogP contribution in [0.15, 0.2) is 0 Å². The molecule has 28 heavy (non-hydrogen) atoms. The van der Waals surface area contributed by atoms with E-state index in [1.165, 1.54) is 77.0 Å². The minimum atomic E-state index is -0.833. The molecule has 0 unspecified atom stereocenters. The van der Waals surface area contributed by atoms with Crippen LogP contribution in [0.25, 0.3) is 0 Å². The number of rotatable bonds is 0. The summed E-state index contributed by atoms with van der Waals surface area (Å²) in [5.41, 5.74) is 0. The van der Waals surface area contributed by atoms with Crippen LogP contribution in [0.1, 0.15) is 105 Å². The summed E-state index contributed by atoms with van der Waals surface area (Å²) in [6, 6.07) is 0. The maximum absolute atomic E-state index is 9.00. The highest BCUT2D eigenvalue weighted by molar-refractivity contribution is 5.63. The zero-order valence-corrected chi connectivity index (χ0v) is 17.9. The molecule has 0 aromatic carbocycles. The van der Waals surface area contributed by atoms with Gasteiger partial charge in [0.05, 0.1) is 0 Å². The summed E-state index contributed by atoms with van der Waals surface area (Å²) in [5.74, 6) is -3.33. The van der Waals surface area contributed by atoms with Gasteiger partial charge in [0.2, 0.25) is 0 Å². The van der Waals surface area contributed by atoms with Crippen molar-refractivity contribution in [2.75, 3.05) is 0 Å². The van der Waals surface area contributed by atoms with Crippen molar-refractivity contribution in [2.24, 2.45) is 0 Å². The molecule has 1 aliphatic rings. The number of carbonyl (C=O) groups is 4. The van der Waals surface area contributed by atoms with Gasteiger partial charge in [-0.2, -0.15) is 0 Å². The minimum absolute atomic E-state index is 0.833. The molecule has 0 heterocycles. The maximum Gasteiger partial charge on any atom is 0.300 e. The molecule has 0 aromatic rings. The lowest BCUT2D eigenvalue weighted by Crippen LogP contribution is -1.85. The van der Waals surface area contributed by atoms with E-state index in [-0.39, 0.29) is 0 Å². The smallest absolute Gasteiger partial charge is 0.300 e.